The Morgan fingerprint density at radius 2 is 1.14 bits per heavy atom. The van der Waals surface area contributed by atoms with E-state index in [4.69, 9.17) is 5.11 Å². The van der Waals surface area contributed by atoms with E-state index in [9.17, 15) is 9.90 Å². The lowest BCUT2D eigenvalue weighted by atomic mass is 10.0. The molecule has 0 saturated heterocycles. The highest BCUT2D eigenvalue weighted by Gasteiger charge is 2.02. The van der Waals surface area contributed by atoms with Gasteiger partial charge < -0.3 is 10.2 Å². The van der Waals surface area contributed by atoms with Gasteiger partial charge in [-0.05, 0) is 19.3 Å². The maximum Gasteiger partial charge on any atom is 0.303 e. The normalized spacial score (nSPS) is 12.5. The molecular formula is C19H38O3. The molecule has 0 aliphatic heterocycles. The molecule has 0 aromatic rings. The van der Waals surface area contributed by atoms with Gasteiger partial charge in [-0.2, -0.15) is 0 Å². The fourth-order valence-electron chi connectivity index (χ4n) is 2.83. The van der Waals surface area contributed by atoms with Crippen LogP contribution in [0, 0.1) is 0 Å². The number of carboxylic acids is 1. The second kappa shape index (κ2) is 16.8. The van der Waals surface area contributed by atoms with Crippen LogP contribution in [0.1, 0.15) is 110 Å². The van der Waals surface area contributed by atoms with E-state index in [1.807, 2.05) is 0 Å². The number of carboxylic acid groups (broad SMARTS) is 1. The average Bonchev–Trinajstić information content (AvgIpc) is 2.49. The van der Waals surface area contributed by atoms with Crippen molar-refractivity contribution in [3.8, 4) is 0 Å². The standard InChI is InChI=1S/C19H38O3/c1-2-3-15-18(20)16-13-11-9-7-5-4-6-8-10-12-14-17-19(21)22/h18,20H,2-17H2,1H3,(H,21,22). The zero-order valence-electron chi connectivity index (χ0n) is 14.7. The first-order chi connectivity index (χ1) is 10.7. The lowest BCUT2D eigenvalue weighted by molar-refractivity contribution is -0.137. The molecule has 0 aromatic heterocycles. The van der Waals surface area contributed by atoms with Crippen molar-refractivity contribution in [2.75, 3.05) is 0 Å². The SMILES string of the molecule is CCCCC(O)CCCCCCCCCCCCCC(=O)O. The summed E-state index contributed by atoms with van der Waals surface area (Å²) in [6, 6.07) is 0. The number of aliphatic hydroxyl groups excluding tert-OH is 1. The maximum atomic E-state index is 10.4. The molecule has 1 unspecified atom stereocenters. The van der Waals surface area contributed by atoms with E-state index in [0.717, 1.165) is 32.1 Å². The third-order valence-corrected chi connectivity index (χ3v) is 4.32. The molecule has 0 rings (SSSR count). The summed E-state index contributed by atoms with van der Waals surface area (Å²) < 4.78 is 0. The van der Waals surface area contributed by atoms with Crippen LogP contribution in [0.3, 0.4) is 0 Å². The highest BCUT2D eigenvalue weighted by atomic mass is 16.4. The topological polar surface area (TPSA) is 57.5 Å². The molecule has 0 aliphatic carbocycles. The maximum absolute atomic E-state index is 10.4. The molecule has 0 saturated carbocycles. The van der Waals surface area contributed by atoms with E-state index in [0.29, 0.717) is 6.42 Å². The van der Waals surface area contributed by atoms with Crippen molar-refractivity contribution in [3.63, 3.8) is 0 Å². The predicted molar refractivity (Wildman–Crippen MR) is 93.2 cm³/mol. The van der Waals surface area contributed by atoms with Gasteiger partial charge in [-0.3, -0.25) is 4.79 Å². The van der Waals surface area contributed by atoms with Gasteiger partial charge in [-0.15, -0.1) is 0 Å². The summed E-state index contributed by atoms with van der Waals surface area (Å²) in [7, 11) is 0. The highest BCUT2D eigenvalue weighted by Crippen LogP contribution is 2.14. The van der Waals surface area contributed by atoms with Gasteiger partial charge in [0.15, 0.2) is 0 Å². The Balaban J connectivity index is 3.07. The first-order valence-corrected chi connectivity index (χ1v) is 9.56. The van der Waals surface area contributed by atoms with Crippen LogP contribution in [-0.4, -0.2) is 22.3 Å². The summed E-state index contributed by atoms with van der Waals surface area (Å²) in [6.07, 6.45) is 17.9. The van der Waals surface area contributed by atoms with Crippen LogP contribution in [0.5, 0.6) is 0 Å². The molecule has 22 heavy (non-hydrogen) atoms. The van der Waals surface area contributed by atoms with Gasteiger partial charge >= 0.3 is 5.97 Å². The summed E-state index contributed by atoms with van der Waals surface area (Å²) in [4.78, 5) is 10.4. The molecule has 0 fully saturated rings. The minimum absolute atomic E-state index is 0.0684. The van der Waals surface area contributed by atoms with Gasteiger partial charge in [0.25, 0.3) is 0 Å². The van der Waals surface area contributed by atoms with Crippen LogP contribution in [0.2, 0.25) is 0 Å². The van der Waals surface area contributed by atoms with Crippen molar-refractivity contribution in [2.24, 2.45) is 0 Å². The van der Waals surface area contributed by atoms with E-state index >= 15 is 0 Å². The minimum Gasteiger partial charge on any atom is -0.481 e. The van der Waals surface area contributed by atoms with Crippen LogP contribution in [0.25, 0.3) is 0 Å². The summed E-state index contributed by atoms with van der Waals surface area (Å²) in [5.41, 5.74) is 0. The molecule has 0 spiro atoms. The molecular weight excluding hydrogens is 276 g/mol. The van der Waals surface area contributed by atoms with Gasteiger partial charge in [0.2, 0.25) is 0 Å². The number of hydrogen-bond acceptors (Lipinski definition) is 2. The number of rotatable bonds is 17. The van der Waals surface area contributed by atoms with Crippen molar-refractivity contribution in [3.05, 3.63) is 0 Å². The number of aliphatic hydroxyl groups is 1. The quantitative estimate of drug-likeness (QED) is 0.339. The fraction of sp³-hybridized carbons (Fsp3) is 0.947. The van der Waals surface area contributed by atoms with E-state index < -0.39 is 5.97 Å². The zero-order valence-corrected chi connectivity index (χ0v) is 14.7. The van der Waals surface area contributed by atoms with Crippen molar-refractivity contribution in [1.82, 2.24) is 0 Å². The van der Waals surface area contributed by atoms with Crippen molar-refractivity contribution in [2.45, 2.75) is 116 Å². The molecule has 0 bridgehead atoms. The van der Waals surface area contributed by atoms with Gasteiger partial charge in [0, 0.05) is 6.42 Å². The second-order valence-electron chi connectivity index (χ2n) is 6.62. The number of hydrogen-bond donors (Lipinski definition) is 2. The monoisotopic (exact) mass is 314 g/mol. The largest absolute Gasteiger partial charge is 0.481 e. The summed E-state index contributed by atoms with van der Waals surface area (Å²) in [5.74, 6) is -0.669. The average molecular weight is 315 g/mol. The molecule has 0 aliphatic rings. The highest BCUT2D eigenvalue weighted by molar-refractivity contribution is 5.66. The second-order valence-corrected chi connectivity index (χ2v) is 6.62. The molecule has 132 valence electrons. The minimum atomic E-state index is -0.669. The molecule has 0 aromatic carbocycles. The number of carbonyl (C=O) groups is 1. The molecule has 1 atom stereocenters. The number of aliphatic carboxylic acids is 1. The van der Waals surface area contributed by atoms with Crippen molar-refractivity contribution in [1.29, 1.82) is 0 Å². The Kier molecular flexibility index (Phi) is 16.4. The van der Waals surface area contributed by atoms with Crippen LogP contribution in [0.4, 0.5) is 0 Å². The molecule has 0 radical (unpaired) electrons. The first kappa shape index (κ1) is 21.4. The van der Waals surface area contributed by atoms with Crippen molar-refractivity contribution >= 4 is 5.97 Å². The van der Waals surface area contributed by atoms with E-state index in [2.05, 4.69) is 6.92 Å². The van der Waals surface area contributed by atoms with Crippen LogP contribution >= 0.6 is 0 Å². The van der Waals surface area contributed by atoms with E-state index in [1.165, 1.54) is 64.2 Å². The Morgan fingerprint density at radius 3 is 1.59 bits per heavy atom. The van der Waals surface area contributed by atoms with E-state index in [1.54, 1.807) is 0 Å². The summed E-state index contributed by atoms with van der Waals surface area (Å²) in [5, 5.41) is 18.3. The molecule has 2 N–H and O–H groups in total. The zero-order chi connectivity index (χ0) is 16.5. The van der Waals surface area contributed by atoms with E-state index in [-0.39, 0.29) is 6.10 Å². The van der Waals surface area contributed by atoms with Gasteiger partial charge in [-0.25, -0.2) is 0 Å². The van der Waals surface area contributed by atoms with Crippen molar-refractivity contribution < 1.29 is 15.0 Å². The Labute approximate surface area is 137 Å². The molecule has 3 nitrogen and oxygen atoms in total. The summed E-state index contributed by atoms with van der Waals surface area (Å²) in [6.45, 7) is 2.17. The van der Waals surface area contributed by atoms with Gasteiger partial charge in [0.05, 0.1) is 6.10 Å². The van der Waals surface area contributed by atoms with Crippen LogP contribution in [-0.2, 0) is 4.79 Å². The van der Waals surface area contributed by atoms with Gasteiger partial charge in [-0.1, -0.05) is 84.0 Å². The number of unbranched alkanes of at least 4 members (excludes halogenated alkanes) is 11. The smallest absolute Gasteiger partial charge is 0.303 e. The molecule has 0 amide bonds. The Morgan fingerprint density at radius 1 is 0.727 bits per heavy atom. The summed E-state index contributed by atoms with van der Waals surface area (Å²) >= 11 is 0. The van der Waals surface area contributed by atoms with Crippen LogP contribution in [0.15, 0.2) is 0 Å². The predicted octanol–water partition coefficient (Wildman–Crippen LogP) is 5.69. The Bertz CT molecular complexity index is 241. The lowest BCUT2D eigenvalue weighted by Gasteiger charge is -2.09. The lowest BCUT2D eigenvalue weighted by Crippen LogP contribution is -2.05. The third kappa shape index (κ3) is 17.5. The Hall–Kier alpha value is -0.570. The molecule has 0 heterocycles. The van der Waals surface area contributed by atoms with Crippen LogP contribution < -0.4 is 0 Å². The molecule has 3 heteroatoms. The third-order valence-electron chi connectivity index (χ3n) is 4.32. The fourth-order valence-corrected chi connectivity index (χ4v) is 2.83. The first-order valence-electron chi connectivity index (χ1n) is 9.56. The van der Waals surface area contributed by atoms with Gasteiger partial charge in [0.1, 0.15) is 0 Å².